The summed E-state index contributed by atoms with van der Waals surface area (Å²) < 4.78 is 8.54. The van der Waals surface area contributed by atoms with E-state index in [0.29, 0.717) is 6.61 Å². The predicted octanol–water partition coefficient (Wildman–Crippen LogP) is 5.20. The first kappa shape index (κ1) is 16.8. The molecule has 124 valence electrons. The third-order valence-electron chi connectivity index (χ3n) is 4.52. The molecule has 3 rings (SSSR count). The van der Waals surface area contributed by atoms with Crippen molar-refractivity contribution < 1.29 is 4.74 Å². The predicted molar refractivity (Wildman–Crippen MR) is 99.4 cm³/mol. The number of aryl methyl sites for hydroxylation is 1. The highest BCUT2D eigenvalue weighted by Gasteiger charge is 2.29. The zero-order chi connectivity index (χ0) is 17.0. The van der Waals surface area contributed by atoms with Gasteiger partial charge in [0.15, 0.2) is 0 Å². The monoisotopic (exact) mass is 339 g/mol. The average Bonchev–Trinajstić information content (AvgIpc) is 3.01. The fraction of sp³-hybridized carbons (Fsp3) is 0.238. The molecule has 0 N–H and O–H groups in total. The van der Waals surface area contributed by atoms with E-state index in [2.05, 4.69) is 49.0 Å². The van der Waals surface area contributed by atoms with E-state index in [9.17, 15) is 0 Å². The van der Waals surface area contributed by atoms with Crippen LogP contribution in [0.4, 0.5) is 0 Å². The summed E-state index contributed by atoms with van der Waals surface area (Å²) in [5.74, 6) is 0. The zero-order valence-corrected chi connectivity index (χ0v) is 14.8. The largest absolute Gasteiger partial charge is 0.365 e. The van der Waals surface area contributed by atoms with E-state index >= 15 is 0 Å². The zero-order valence-electron chi connectivity index (χ0n) is 14.1. The highest BCUT2D eigenvalue weighted by Crippen LogP contribution is 2.34. The molecule has 2 nitrogen and oxygen atoms in total. The van der Waals surface area contributed by atoms with Crippen molar-refractivity contribution >= 4 is 11.6 Å². The summed E-state index contributed by atoms with van der Waals surface area (Å²) >= 11 is 6.05. The maximum Gasteiger partial charge on any atom is 0.115 e. The number of benzene rings is 2. The first-order valence-corrected chi connectivity index (χ1v) is 8.53. The Morgan fingerprint density at radius 2 is 1.58 bits per heavy atom. The van der Waals surface area contributed by atoms with Crippen molar-refractivity contribution in [1.82, 2.24) is 4.57 Å². The molecule has 0 fully saturated rings. The van der Waals surface area contributed by atoms with Gasteiger partial charge in [-0.15, -0.1) is 0 Å². The van der Waals surface area contributed by atoms with Gasteiger partial charge in [-0.1, -0.05) is 54.1 Å². The molecule has 1 unspecified atom stereocenters. The van der Waals surface area contributed by atoms with Gasteiger partial charge in [0.25, 0.3) is 0 Å². The van der Waals surface area contributed by atoms with E-state index in [-0.39, 0.29) is 0 Å². The van der Waals surface area contributed by atoms with Crippen LogP contribution >= 0.6 is 11.6 Å². The van der Waals surface area contributed by atoms with Crippen molar-refractivity contribution in [1.29, 1.82) is 0 Å². The lowest BCUT2D eigenvalue weighted by atomic mass is 9.88. The van der Waals surface area contributed by atoms with Gasteiger partial charge >= 0.3 is 0 Å². The lowest BCUT2D eigenvalue weighted by molar-refractivity contribution is -0.00281. The second-order valence-electron chi connectivity index (χ2n) is 6.12. The summed E-state index contributed by atoms with van der Waals surface area (Å²) in [6.07, 6.45) is 2.93. The van der Waals surface area contributed by atoms with Crippen LogP contribution in [0.2, 0.25) is 5.02 Å². The number of halogens is 1. The lowest BCUT2D eigenvalue weighted by Gasteiger charge is -2.31. The third-order valence-corrected chi connectivity index (χ3v) is 4.77. The normalized spacial score (nSPS) is 13.6. The minimum absolute atomic E-state index is 0.503. The van der Waals surface area contributed by atoms with Crippen molar-refractivity contribution in [3.8, 4) is 0 Å². The average molecular weight is 340 g/mol. The smallest absolute Gasteiger partial charge is 0.115 e. The van der Waals surface area contributed by atoms with Crippen molar-refractivity contribution in [3.63, 3.8) is 0 Å². The van der Waals surface area contributed by atoms with Crippen molar-refractivity contribution in [2.24, 2.45) is 7.05 Å². The number of nitrogens with zero attached hydrogens (tertiary/aromatic N) is 1. The summed E-state index contributed by atoms with van der Waals surface area (Å²) in [6.45, 7) is 2.77. The van der Waals surface area contributed by atoms with E-state index in [1.807, 2.05) is 42.5 Å². The molecule has 0 aliphatic carbocycles. The van der Waals surface area contributed by atoms with Crippen LogP contribution in [-0.2, 0) is 23.8 Å². The summed E-state index contributed by atoms with van der Waals surface area (Å²) in [6, 6.07) is 22.4. The number of hydrogen-bond donors (Lipinski definition) is 0. The molecule has 24 heavy (non-hydrogen) atoms. The van der Waals surface area contributed by atoms with E-state index in [0.717, 1.165) is 22.6 Å². The molecule has 1 aromatic heterocycles. The first-order valence-electron chi connectivity index (χ1n) is 8.15. The molecule has 0 bridgehead atoms. The lowest BCUT2D eigenvalue weighted by Crippen LogP contribution is -2.28. The Kier molecular flexibility index (Phi) is 5.08. The molecule has 1 atom stereocenters. The minimum Gasteiger partial charge on any atom is -0.365 e. The van der Waals surface area contributed by atoms with Gasteiger partial charge in [0.2, 0.25) is 0 Å². The van der Waals surface area contributed by atoms with Gasteiger partial charge in [-0.2, -0.15) is 0 Å². The van der Waals surface area contributed by atoms with E-state index in [1.165, 1.54) is 5.69 Å². The van der Waals surface area contributed by atoms with Crippen molar-refractivity contribution in [2.75, 3.05) is 6.61 Å². The van der Waals surface area contributed by atoms with E-state index < -0.39 is 5.60 Å². The quantitative estimate of drug-likeness (QED) is 0.602. The Morgan fingerprint density at radius 1 is 0.917 bits per heavy atom. The molecule has 0 amide bonds. The van der Waals surface area contributed by atoms with Crippen molar-refractivity contribution in [2.45, 2.75) is 18.9 Å². The van der Waals surface area contributed by atoms with Crippen LogP contribution in [0.3, 0.4) is 0 Å². The van der Waals surface area contributed by atoms with Crippen molar-refractivity contribution in [3.05, 3.63) is 94.8 Å². The van der Waals surface area contributed by atoms with E-state index in [1.54, 1.807) is 0 Å². The molecule has 2 aromatic carbocycles. The molecule has 3 aromatic rings. The van der Waals surface area contributed by atoms with Gasteiger partial charge in [0.1, 0.15) is 5.60 Å². The standard InChI is InChI=1S/C21H22ClNO/c1-21(17-7-4-3-5-8-17,18-10-12-19(22)13-11-18)24-16-14-20-9-6-15-23(20)2/h3-13,15H,14,16H2,1-2H3. The van der Waals surface area contributed by atoms with Crippen LogP contribution in [0.5, 0.6) is 0 Å². The number of hydrogen-bond acceptors (Lipinski definition) is 1. The van der Waals surface area contributed by atoms with E-state index in [4.69, 9.17) is 16.3 Å². The van der Waals surface area contributed by atoms with Gasteiger partial charge in [-0.3, -0.25) is 0 Å². The summed E-state index contributed by atoms with van der Waals surface area (Å²) in [5.41, 5.74) is 3.00. The Bertz CT molecular complexity index is 779. The minimum atomic E-state index is -0.503. The molecule has 0 saturated carbocycles. The van der Waals surface area contributed by atoms with Gasteiger partial charge < -0.3 is 9.30 Å². The Morgan fingerprint density at radius 3 is 2.21 bits per heavy atom. The molecule has 0 spiro atoms. The molecule has 0 aliphatic heterocycles. The molecule has 0 radical (unpaired) electrons. The fourth-order valence-electron chi connectivity index (χ4n) is 2.97. The summed E-state index contributed by atoms with van der Waals surface area (Å²) in [7, 11) is 2.06. The molecular weight excluding hydrogens is 318 g/mol. The second kappa shape index (κ2) is 7.25. The van der Waals surface area contributed by atoms with Crippen LogP contribution in [-0.4, -0.2) is 11.2 Å². The van der Waals surface area contributed by atoms with Gasteiger partial charge in [0.05, 0.1) is 6.61 Å². The van der Waals surface area contributed by atoms with Gasteiger partial charge in [0, 0.05) is 30.4 Å². The van der Waals surface area contributed by atoms with Crippen LogP contribution < -0.4 is 0 Å². The second-order valence-corrected chi connectivity index (χ2v) is 6.55. The maximum absolute atomic E-state index is 6.41. The highest BCUT2D eigenvalue weighted by molar-refractivity contribution is 6.30. The maximum atomic E-state index is 6.41. The fourth-order valence-corrected chi connectivity index (χ4v) is 3.10. The molecule has 3 heteroatoms. The number of ether oxygens (including phenoxy) is 1. The number of rotatable bonds is 6. The number of aromatic nitrogens is 1. The molecule has 0 aliphatic rings. The summed E-state index contributed by atoms with van der Waals surface area (Å²) in [5, 5.41) is 0.734. The molecule has 1 heterocycles. The SMILES string of the molecule is Cn1cccc1CCOC(C)(c1ccccc1)c1ccc(Cl)cc1. The van der Waals surface area contributed by atoms with Gasteiger partial charge in [-0.25, -0.2) is 0 Å². The van der Waals surface area contributed by atoms with Crippen LogP contribution in [0.15, 0.2) is 72.9 Å². The third kappa shape index (κ3) is 3.55. The first-order chi connectivity index (χ1) is 11.6. The van der Waals surface area contributed by atoms with Gasteiger partial charge in [-0.05, 0) is 42.3 Å². The Balaban J connectivity index is 1.85. The van der Waals surface area contributed by atoms with Crippen LogP contribution in [0, 0.1) is 0 Å². The summed E-state index contributed by atoms with van der Waals surface area (Å²) in [4.78, 5) is 0. The van der Waals surface area contributed by atoms with Crippen LogP contribution in [0.1, 0.15) is 23.7 Å². The molecule has 0 saturated heterocycles. The molecular formula is C21H22ClNO. The Hall–Kier alpha value is -2.03. The highest BCUT2D eigenvalue weighted by atomic mass is 35.5. The Labute approximate surface area is 148 Å². The van der Waals surface area contributed by atoms with Crippen LogP contribution in [0.25, 0.3) is 0 Å². The topological polar surface area (TPSA) is 14.2 Å².